The van der Waals surface area contributed by atoms with E-state index in [1.807, 2.05) is 10.8 Å². The molecule has 4 amide bonds. The molecule has 0 spiro atoms. The Balaban J connectivity index is 1.45. The summed E-state index contributed by atoms with van der Waals surface area (Å²) in [6.45, 7) is 10.9. The maximum Gasteiger partial charge on any atom is 0.408 e. The highest BCUT2D eigenvalue weighted by Gasteiger charge is 2.62. The van der Waals surface area contributed by atoms with E-state index < -0.39 is 89.9 Å². The molecule has 1 aromatic heterocycles. The lowest BCUT2D eigenvalue weighted by atomic mass is 10.0. The lowest BCUT2D eigenvalue weighted by Gasteiger charge is -2.37. The molecule has 302 valence electrons. The second-order valence-corrected chi connectivity index (χ2v) is 19.7. The van der Waals surface area contributed by atoms with Gasteiger partial charge in [0.1, 0.15) is 29.0 Å². The average Bonchev–Trinajstić information content (AvgIpc) is 3.99. The van der Waals surface area contributed by atoms with Gasteiger partial charge in [-0.25, -0.2) is 22.9 Å². The zero-order chi connectivity index (χ0) is 40.7. The summed E-state index contributed by atoms with van der Waals surface area (Å²) in [4.78, 5) is 60.9. The van der Waals surface area contributed by atoms with E-state index in [0.717, 1.165) is 16.5 Å². The van der Waals surface area contributed by atoms with E-state index in [4.69, 9.17) is 18.4 Å². The molecule has 1 saturated heterocycles. The number of methoxy groups -OCH3 is 1. The Bertz CT molecular complexity index is 2080. The van der Waals surface area contributed by atoms with Crippen molar-refractivity contribution in [3.05, 3.63) is 43.1 Å². The minimum Gasteiger partial charge on any atom is -0.497 e. The van der Waals surface area contributed by atoms with Crippen LogP contribution in [-0.2, 0) is 43.4 Å². The maximum absolute atomic E-state index is 14.6. The van der Waals surface area contributed by atoms with Crippen LogP contribution in [0.5, 0.6) is 11.6 Å². The number of sulfone groups is 1. The van der Waals surface area contributed by atoms with E-state index in [0.29, 0.717) is 24.0 Å². The molecule has 3 N–H and O–H groups in total. The number of carbonyl (C=O) groups excluding carboxylic acids is 4. The monoisotopic (exact) mass is 807 g/mol. The predicted molar refractivity (Wildman–Crippen MR) is 200 cm³/mol. The number of hydrogen-bond acceptors (Lipinski definition) is 13. The van der Waals surface area contributed by atoms with Gasteiger partial charge < -0.3 is 29.7 Å². The molecule has 1 unspecified atom stereocenters. The van der Waals surface area contributed by atoms with Crippen LogP contribution in [0.25, 0.3) is 10.8 Å². The van der Waals surface area contributed by atoms with E-state index in [1.165, 1.54) is 19.9 Å². The Morgan fingerprint density at radius 1 is 1.09 bits per heavy atom. The molecule has 2 aliphatic carbocycles. The van der Waals surface area contributed by atoms with Gasteiger partial charge in [0.2, 0.25) is 17.7 Å². The highest BCUT2D eigenvalue weighted by atomic mass is 32.2. The molecule has 3 aliphatic rings. The van der Waals surface area contributed by atoms with Crippen LogP contribution in [0.3, 0.4) is 0 Å². The van der Waals surface area contributed by atoms with Crippen molar-refractivity contribution in [2.75, 3.05) is 26.5 Å². The van der Waals surface area contributed by atoms with Crippen LogP contribution in [0.1, 0.15) is 60.3 Å². The summed E-state index contributed by atoms with van der Waals surface area (Å²) < 4.78 is 73.1. The van der Waals surface area contributed by atoms with Crippen LogP contribution in [0.2, 0.25) is 0 Å². The standard InChI is InChI=1S/C36H49N5O12S2/c1-9-23-18-36(23,32(44)40-55(48,49)53-24-10-11-24)39-29(42)27-16-21(20-51-30-26-13-12-25(50-7)17-22(26)14-15-37-30)19-41(27)31(43)28(35(5,6)54(8,46)47)38-33(45)52-34(2,3)4/h9,12-15,17,21,23-24,27-28H,1,10-11,16,18-20H2,2-8H3,(H,38,45)(H,39,42)(H,40,44)/t21-,23?,27+,28-,36-/m1/s1. The number of likely N-dealkylation sites (tertiary alicyclic amines) is 1. The Hall–Kier alpha value is -4.49. The summed E-state index contributed by atoms with van der Waals surface area (Å²) in [6, 6.07) is 4.07. The zero-order valence-corrected chi connectivity index (χ0v) is 33.5. The third kappa shape index (κ3) is 9.49. The smallest absolute Gasteiger partial charge is 0.408 e. The molecule has 2 heterocycles. The van der Waals surface area contributed by atoms with Crippen molar-refractivity contribution in [2.45, 2.75) is 94.4 Å². The topological polar surface area (TPSA) is 226 Å². The van der Waals surface area contributed by atoms with E-state index in [-0.39, 0.29) is 31.9 Å². The largest absolute Gasteiger partial charge is 0.497 e. The molecule has 2 aromatic rings. The third-order valence-electron chi connectivity index (χ3n) is 9.98. The van der Waals surface area contributed by atoms with Gasteiger partial charge in [0, 0.05) is 36.2 Å². The van der Waals surface area contributed by atoms with E-state index in [1.54, 1.807) is 52.3 Å². The molecule has 3 fully saturated rings. The van der Waals surface area contributed by atoms with Gasteiger partial charge in [0.25, 0.3) is 5.91 Å². The normalized spacial score (nSPS) is 23.3. The van der Waals surface area contributed by atoms with Crippen molar-refractivity contribution in [2.24, 2.45) is 11.8 Å². The minimum atomic E-state index is -4.49. The Morgan fingerprint density at radius 3 is 2.36 bits per heavy atom. The van der Waals surface area contributed by atoms with Crippen molar-refractivity contribution >= 4 is 54.7 Å². The van der Waals surface area contributed by atoms with Crippen LogP contribution in [0.15, 0.2) is 43.1 Å². The summed E-state index contributed by atoms with van der Waals surface area (Å²) in [5.41, 5.74) is -2.72. The van der Waals surface area contributed by atoms with Gasteiger partial charge in [0.15, 0.2) is 9.84 Å². The van der Waals surface area contributed by atoms with E-state index in [9.17, 15) is 36.0 Å². The van der Waals surface area contributed by atoms with E-state index in [2.05, 4.69) is 22.2 Å². The molecule has 19 heteroatoms. The van der Waals surface area contributed by atoms with Gasteiger partial charge in [0.05, 0.1) is 24.6 Å². The first kappa shape index (κ1) is 41.7. The number of alkyl carbamates (subject to hydrolysis) is 1. The van der Waals surface area contributed by atoms with Crippen LogP contribution in [0.4, 0.5) is 4.79 Å². The van der Waals surface area contributed by atoms with Crippen molar-refractivity contribution in [3.8, 4) is 11.6 Å². The van der Waals surface area contributed by atoms with Gasteiger partial charge in [-0.3, -0.25) is 18.6 Å². The summed E-state index contributed by atoms with van der Waals surface area (Å²) in [5, 5.41) is 6.56. The van der Waals surface area contributed by atoms with Crippen LogP contribution in [0, 0.1) is 11.8 Å². The molecule has 1 aliphatic heterocycles. The summed E-state index contributed by atoms with van der Waals surface area (Å²) in [7, 11) is -6.99. The van der Waals surface area contributed by atoms with Gasteiger partial charge in [-0.1, -0.05) is 6.08 Å². The van der Waals surface area contributed by atoms with Gasteiger partial charge in [-0.2, -0.15) is 8.42 Å². The fourth-order valence-corrected chi connectivity index (χ4v) is 7.95. The van der Waals surface area contributed by atoms with Gasteiger partial charge >= 0.3 is 16.4 Å². The molecule has 2 saturated carbocycles. The predicted octanol–water partition coefficient (Wildman–Crippen LogP) is 2.16. The van der Waals surface area contributed by atoms with Crippen molar-refractivity contribution in [1.29, 1.82) is 0 Å². The number of rotatable bonds is 15. The number of amides is 4. The van der Waals surface area contributed by atoms with Gasteiger partial charge in [-0.05, 0) is 90.0 Å². The minimum absolute atomic E-state index is 0.0156. The third-order valence-corrected chi connectivity index (χ3v) is 13.1. The van der Waals surface area contributed by atoms with Crippen LogP contribution < -0.4 is 24.8 Å². The number of fused-ring (bicyclic) bond motifs is 1. The zero-order valence-electron chi connectivity index (χ0n) is 31.9. The molecular formula is C36H49N5O12S2. The average molecular weight is 808 g/mol. The second kappa shape index (κ2) is 15.2. The molecule has 5 rings (SSSR count). The van der Waals surface area contributed by atoms with Crippen molar-refractivity contribution in [3.63, 3.8) is 0 Å². The number of carbonyl (C=O) groups is 4. The first-order valence-electron chi connectivity index (χ1n) is 17.8. The molecule has 1 aromatic carbocycles. The van der Waals surface area contributed by atoms with Crippen molar-refractivity contribution < 1.29 is 54.4 Å². The molecule has 55 heavy (non-hydrogen) atoms. The second-order valence-electron chi connectivity index (χ2n) is 15.8. The highest BCUT2D eigenvalue weighted by Crippen LogP contribution is 2.45. The fraction of sp³-hybridized carbons (Fsp3) is 0.583. The number of ether oxygens (including phenoxy) is 3. The van der Waals surface area contributed by atoms with Crippen molar-refractivity contribution in [1.82, 2.24) is 25.2 Å². The number of nitrogens with one attached hydrogen (secondary N) is 3. The van der Waals surface area contributed by atoms with Gasteiger partial charge in [-0.15, -0.1) is 6.58 Å². The first-order valence-corrected chi connectivity index (χ1v) is 21.1. The number of pyridine rings is 1. The first-order chi connectivity index (χ1) is 25.5. The molecule has 0 radical (unpaired) electrons. The highest BCUT2D eigenvalue weighted by molar-refractivity contribution is 7.92. The summed E-state index contributed by atoms with van der Waals surface area (Å²) in [5.74, 6) is -3.05. The molecule has 17 nitrogen and oxygen atoms in total. The molecule has 0 bridgehead atoms. The number of aromatic nitrogens is 1. The number of nitrogens with zero attached hydrogens (tertiary/aromatic N) is 2. The SMILES string of the molecule is C=CC1C[C@]1(NC(=O)[C@@H]1C[C@@H](COc2nccc3cc(OC)ccc23)CN1C(=O)[C@@H](NC(=O)OC(C)(C)C)C(C)(C)S(C)(=O)=O)C(=O)NS(=O)(=O)OC1CC1. The number of benzene rings is 1. The molecular weight excluding hydrogens is 759 g/mol. The van der Waals surface area contributed by atoms with Crippen LogP contribution in [-0.4, -0.2) is 111 Å². The Kier molecular flexibility index (Phi) is 11.5. The van der Waals surface area contributed by atoms with E-state index >= 15 is 0 Å². The van der Waals surface area contributed by atoms with Crippen LogP contribution >= 0.6 is 0 Å². The Labute approximate surface area is 321 Å². The fourth-order valence-electron chi connectivity index (χ4n) is 6.35. The maximum atomic E-state index is 14.6. The lowest BCUT2D eigenvalue weighted by molar-refractivity contribution is -0.141. The molecule has 5 atom stereocenters. The number of hydrogen-bond donors (Lipinski definition) is 3. The quantitative estimate of drug-likeness (QED) is 0.220. The summed E-state index contributed by atoms with van der Waals surface area (Å²) in [6.07, 6.45) is 3.34. The lowest BCUT2D eigenvalue weighted by Crippen LogP contribution is -2.63. The summed E-state index contributed by atoms with van der Waals surface area (Å²) >= 11 is 0. The Morgan fingerprint density at radius 2 is 1.78 bits per heavy atom.